The zero-order chi connectivity index (χ0) is 39.3. The van der Waals surface area contributed by atoms with Crippen molar-refractivity contribution in [3.63, 3.8) is 0 Å². The van der Waals surface area contributed by atoms with Crippen LogP contribution in [-0.4, -0.2) is 70.7 Å². The van der Waals surface area contributed by atoms with Gasteiger partial charge in [0.25, 0.3) is 0 Å². The van der Waals surface area contributed by atoms with Crippen molar-refractivity contribution in [1.82, 2.24) is 30.8 Å². The topological polar surface area (TPSA) is 147 Å². The number of benzene rings is 2. The Morgan fingerprint density at radius 1 is 0.927 bits per heavy atom. The van der Waals surface area contributed by atoms with Gasteiger partial charge in [0.1, 0.15) is 5.60 Å². The fourth-order valence-corrected chi connectivity index (χ4v) is 7.12. The highest BCUT2D eigenvalue weighted by Crippen LogP contribution is 2.41. The van der Waals surface area contributed by atoms with Crippen LogP contribution in [0.5, 0.6) is 5.88 Å². The lowest BCUT2D eigenvalue weighted by Gasteiger charge is -2.29. The molecule has 2 aliphatic heterocycles. The summed E-state index contributed by atoms with van der Waals surface area (Å²) in [6, 6.07) is 15.5. The van der Waals surface area contributed by atoms with Crippen LogP contribution in [0.3, 0.4) is 0 Å². The van der Waals surface area contributed by atoms with Crippen molar-refractivity contribution in [3.05, 3.63) is 87.8 Å². The van der Waals surface area contributed by atoms with Gasteiger partial charge in [-0.05, 0) is 63.9 Å². The van der Waals surface area contributed by atoms with Crippen molar-refractivity contribution in [2.75, 3.05) is 25.5 Å². The third-order valence-corrected chi connectivity index (χ3v) is 10.0. The highest BCUT2D eigenvalue weighted by molar-refractivity contribution is 6.39. The van der Waals surface area contributed by atoms with Gasteiger partial charge in [-0.3, -0.25) is 14.6 Å². The van der Waals surface area contributed by atoms with Gasteiger partial charge >= 0.3 is 6.09 Å². The molecule has 0 bridgehead atoms. The average Bonchev–Trinajstić information content (AvgIpc) is 3.76. The number of halogens is 3. The molecule has 15 heteroatoms. The molecule has 2 atom stereocenters. The molecule has 4 aromatic rings. The summed E-state index contributed by atoms with van der Waals surface area (Å²) < 4.78 is 27.0. The molecule has 2 aromatic carbocycles. The van der Waals surface area contributed by atoms with Crippen LogP contribution in [0, 0.1) is 5.82 Å². The number of anilines is 2. The highest BCUT2D eigenvalue weighted by atomic mass is 35.5. The molecule has 2 aliphatic rings. The van der Waals surface area contributed by atoms with Crippen LogP contribution in [0.15, 0.2) is 60.8 Å². The number of pyridine rings is 2. The van der Waals surface area contributed by atoms with E-state index in [0.29, 0.717) is 65.1 Å². The average molecular weight is 793 g/mol. The fourth-order valence-electron chi connectivity index (χ4n) is 6.54. The van der Waals surface area contributed by atoms with Crippen molar-refractivity contribution >= 4 is 52.5 Å². The maximum atomic E-state index is 15.6. The van der Waals surface area contributed by atoms with Crippen molar-refractivity contribution in [2.45, 2.75) is 77.2 Å². The largest absolute Gasteiger partial charge is 0.481 e. The predicted octanol–water partition coefficient (Wildman–Crippen LogP) is 7.39. The number of rotatable bonds is 13. The summed E-state index contributed by atoms with van der Waals surface area (Å²) >= 11 is 14.0. The molecular formula is C40H44Cl2FN7O5. The lowest BCUT2D eigenvalue weighted by Crippen LogP contribution is -2.43. The summed E-state index contributed by atoms with van der Waals surface area (Å²) in [5.74, 6) is -0.155. The van der Waals surface area contributed by atoms with Gasteiger partial charge in [0.15, 0.2) is 5.82 Å². The molecule has 6 rings (SSSR count). The van der Waals surface area contributed by atoms with Crippen LogP contribution in [-0.2, 0) is 27.4 Å². The Labute approximate surface area is 329 Å². The number of ether oxygens (including phenoxy) is 2. The lowest BCUT2D eigenvalue weighted by molar-refractivity contribution is -0.120. The molecule has 0 spiro atoms. The highest BCUT2D eigenvalue weighted by Gasteiger charge is 2.30. The van der Waals surface area contributed by atoms with Gasteiger partial charge in [-0.1, -0.05) is 47.5 Å². The van der Waals surface area contributed by atoms with Crippen LogP contribution in [0.25, 0.3) is 22.5 Å². The first-order valence-electron chi connectivity index (χ1n) is 18.1. The maximum Gasteiger partial charge on any atom is 0.410 e. The molecule has 2 fully saturated rings. The van der Waals surface area contributed by atoms with Crippen LogP contribution in [0.4, 0.5) is 20.6 Å². The lowest BCUT2D eigenvalue weighted by atomic mass is 10.0. The molecule has 2 saturated heterocycles. The number of hydrogen-bond acceptors (Lipinski definition) is 9. The van der Waals surface area contributed by atoms with Crippen LogP contribution >= 0.6 is 23.2 Å². The molecule has 12 nitrogen and oxygen atoms in total. The summed E-state index contributed by atoms with van der Waals surface area (Å²) in [6.07, 6.45) is 3.36. The van der Waals surface area contributed by atoms with E-state index in [1.807, 2.05) is 6.07 Å². The number of hydrogen-bond donors (Lipinski definition) is 4. The van der Waals surface area contributed by atoms with E-state index in [1.54, 1.807) is 80.4 Å². The van der Waals surface area contributed by atoms with Gasteiger partial charge in [-0.15, -0.1) is 0 Å². The predicted molar refractivity (Wildman–Crippen MR) is 210 cm³/mol. The van der Waals surface area contributed by atoms with Gasteiger partial charge in [-0.2, -0.15) is 0 Å². The molecule has 3 amide bonds. The smallest absolute Gasteiger partial charge is 0.410 e. The molecule has 0 aliphatic carbocycles. The summed E-state index contributed by atoms with van der Waals surface area (Å²) in [6.45, 7) is 6.61. The standard InChI is InChI=1S/C40H44Cl2FN7O5/c1-40(2,3)55-39(53)50(22-26-13-16-33(52)47-26)21-24-11-14-29(49-38(24)54-4)27-17-18-45-37(35(27)42)28-8-6-9-30(34(28)41)48-31-10-5-7-23(36(31)43)19-44-20-25-12-15-32(51)46-25/h5-11,14,17-18,25-26,44,48H,12-13,15-16,19-22H2,1-4H3,(H,46,51)(H,47,52)/t25-,26+/m1/s1. The van der Waals surface area contributed by atoms with Crippen LogP contribution in [0.1, 0.15) is 57.6 Å². The first-order chi connectivity index (χ1) is 26.3. The van der Waals surface area contributed by atoms with Gasteiger partial charge < -0.3 is 35.6 Å². The molecule has 2 aromatic heterocycles. The van der Waals surface area contributed by atoms with E-state index >= 15 is 4.39 Å². The van der Waals surface area contributed by atoms with Gasteiger partial charge in [0.05, 0.1) is 46.5 Å². The third kappa shape index (κ3) is 9.83. The van der Waals surface area contributed by atoms with Crippen molar-refractivity contribution in [2.24, 2.45) is 0 Å². The number of nitrogens with one attached hydrogen (secondary N) is 4. The second kappa shape index (κ2) is 17.2. The number of amides is 3. The SMILES string of the molecule is COc1nc(-c2ccnc(-c3cccc(Nc4cccc(CNC[C@H]5CCC(=O)N5)c4F)c3Cl)c2Cl)ccc1CN(C[C@@H]1CCC(=O)N1)C(=O)OC(C)(C)C. The minimum atomic E-state index is -0.717. The van der Waals surface area contributed by atoms with E-state index < -0.39 is 17.5 Å². The Kier molecular flexibility index (Phi) is 12.4. The molecule has 55 heavy (non-hydrogen) atoms. The number of nitrogens with zero attached hydrogens (tertiary/aromatic N) is 3. The molecule has 0 radical (unpaired) electrons. The quantitative estimate of drug-likeness (QED) is 0.109. The number of carbonyl (C=O) groups excluding carboxylic acids is 3. The zero-order valence-electron chi connectivity index (χ0n) is 31.1. The number of methoxy groups -OCH3 is 1. The fraction of sp³-hybridized carbons (Fsp3) is 0.375. The van der Waals surface area contributed by atoms with Gasteiger partial charge in [0.2, 0.25) is 17.7 Å². The van der Waals surface area contributed by atoms with E-state index in [9.17, 15) is 14.4 Å². The molecule has 4 heterocycles. The van der Waals surface area contributed by atoms with E-state index in [1.165, 1.54) is 7.11 Å². The van der Waals surface area contributed by atoms with E-state index in [-0.39, 0.29) is 65.1 Å². The normalized spacial score (nSPS) is 16.8. The van der Waals surface area contributed by atoms with Crippen LogP contribution < -0.4 is 26.0 Å². The van der Waals surface area contributed by atoms with E-state index in [0.717, 1.165) is 6.42 Å². The minimum Gasteiger partial charge on any atom is -0.481 e. The summed E-state index contributed by atoms with van der Waals surface area (Å²) in [4.78, 5) is 47.5. The second-order valence-corrected chi connectivity index (χ2v) is 15.3. The summed E-state index contributed by atoms with van der Waals surface area (Å²) in [7, 11) is 1.49. The third-order valence-electron chi connectivity index (χ3n) is 9.23. The Morgan fingerprint density at radius 3 is 2.33 bits per heavy atom. The van der Waals surface area contributed by atoms with Crippen molar-refractivity contribution in [1.29, 1.82) is 0 Å². The molecule has 4 N–H and O–H groups in total. The van der Waals surface area contributed by atoms with Gasteiger partial charge in [0, 0.05) is 73.0 Å². The number of aromatic nitrogens is 2. The Bertz CT molecular complexity index is 2080. The van der Waals surface area contributed by atoms with Crippen LogP contribution in [0.2, 0.25) is 10.0 Å². The molecule has 0 saturated carbocycles. The Morgan fingerprint density at radius 2 is 1.64 bits per heavy atom. The van der Waals surface area contributed by atoms with Crippen molar-refractivity contribution < 1.29 is 28.2 Å². The number of carbonyl (C=O) groups is 3. The zero-order valence-corrected chi connectivity index (χ0v) is 32.6. The second-order valence-electron chi connectivity index (χ2n) is 14.6. The molecule has 290 valence electrons. The first kappa shape index (κ1) is 39.7. The Balaban J connectivity index is 1.21. The maximum absolute atomic E-state index is 15.6. The first-order valence-corrected chi connectivity index (χ1v) is 18.8. The Hall–Kier alpha value is -4.98. The van der Waals surface area contributed by atoms with Crippen molar-refractivity contribution in [3.8, 4) is 28.4 Å². The van der Waals surface area contributed by atoms with Gasteiger partial charge in [-0.25, -0.2) is 14.2 Å². The van der Waals surface area contributed by atoms with E-state index in [4.69, 9.17) is 37.7 Å². The monoisotopic (exact) mass is 791 g/mol. The minimum absolute atomic E-state index is 0.0342. The molecule has 0 unspecified atom stereocenters. The van der Waals surface area contributed by atoms with E-state index in [2.05, 4.69) is 26.3 Å². The molecular weight excluding hydrogens is 748 g/mol. The summed E-state index contributed by atoms with van der Waals surface area (Å²) in [5, 5.41) is 12.7. The summed E-state index contributed by atoms with van der Waals surface area (Å²) in [5.41, 5.74) is 3.05.